The summed E-state index contributed by atoms with van der Waals surface area (Å²) in [6, 6.07) is 6.04. The first-order chi connectivity index (χ1) is 10.1. The van der Waals surface area contributed by atoms with Gasteiger partial charge in [-0.25, -0.2) is 14.1 Å². The van der Waals surface area contributed by atoms with Crippen LogP contribution >= 0.6 is 0 Å². The number of hydrogen-bond acceptors (Lipinski definition) is 5. The molecule has 1 atom stereocenters. The van der Waals surface area contributed by atoms with Gasteiger partial charge in [0.2, 0.25) is 5.89 Å². The number of oxazole rings is 1. The molecule has 0 aliphatic carbocycles. The Morgan fingerprint density at radius 1 is 1.43 bits per heavy atom. The van der Waals surface area contributed by atoms with E-state index in [4.69, 9.17) is 4.42 Å². The summed E-state index contributed by atoms with van der Waals surface area (Å²) >= 11 is 0. The molecular formula is C14H13FN4O2. The van der Waals surface area contributed by atoms with E-state index in [0.29, 0.717) is 29.4 Å². The Bertz CT molecular complexity index is 751. The van der Waals surface area contributed by atoms with E-state index in [1.807, 2.05) is 0 Å². The summed E-state index contributed by atoms with van der Waals surface area (Å²) in [7, 11) is 0. The van der Waals surface area contributed by atoms with Crippen LogP contribution in [0.3, 0.4) is 0 Å². The lowest BCUT2D eigenvalue weighted by atomic mass is 10.2. The van der Waals surface area contributed by atoms with Crippen molar-refractivity contribution in [2.24, 2.45) is 0 Å². The number of benzene rings is 1. The van der Waals surface area contributed by atoms with Crippen molar-refractivity contribution in [2.45, 2.75) is 19.6 Å². The van der Waals surface area contributed by atoms with Gasteiger partial charge >= 0.3 is 0 Å². The normalized spacial score (nSPS) is 12.5. The molecule has 7 heteroatoms. The maximum Gasteiger partial charge on any atom is 0.226 e. The summed E-state index contributed by atoms with van der Waals surface area (Å²) in [4.78, 5) is 4.29. The molecule has 0 radical (unpaired) electrons. The fraction of sp³-hybridized carbons (Fsp3) is 0.214. The van der Waals surface area contributed by atoms with Crippen molar-refractivity contribution in [3.05, 3.63) is 53.9 Å². The Morgan fingerprint density at radius 3 is 3.00 bits per heavy atom. The molecule has 1 unspecified atom stereocenters. The Morgan fingerprint density at radius 2 is 2.29 bits per heavy atom. The third-order valence-electron chi connectivity index (χ3n) is 2.93. The number of hydrogen-bond donors (Lipinski definition) is 1. The van der Waals surface area contributed by atoms with Crippen LogP contribution in [0.5, 0.6) is 0 Å². The predicted octanol–water partition coefficient (Wildman–Crippen LogP) is 2.17. The minimum atomic E-state index is -0.668. The Kier molecular flexibility index (Phi) is 3.49. The fourth-order valence-electron chi connectivity index (χ4n) is 1.88. The van der Waals surface area contributed by atoms with Crippen LogP contribution in [0.4, 0.5) is 4.39 Å². The highest BCUT2D eigenvalue weighted by molar-refractivity contribution is 5.52. The van der Waals surface area contributed by atoms with Crippen LogP contribution in [-0.2, 0) is 6.54 Å². The molecular weight excluding hydrogens is 275 g/mol. The highest BCUT2D eigenvalue weighted by atomic mass is 19.1. The highest BCUT2D eigenvalue weighted by Gasteiger charge is 2.10. The van der Waals surface area contributed by atoms with Gasteiger partial charge in [-0.3, -0.25) is 0 Å². The number of nitrogens with zero attached hydrogens (tertiary/aromatic N) is 4. The van der Waals surface area contributed by atoms with Crippen LogP contribution in [0, 0.1) is 5.82 Å². The lowest BCUT2D eigenvalue weighted by Gasteiger charge is -1.96. The maximum absolute atomic E-state index is 13.2. The molecule has 0 fully saturated rings. The van der Waals surface area contributed by atoms with Crippen molar-refractivity contribution >= 4 is 0 Å². The highest BCUT2D eigenvalue weighted by Crippen LogP contribution is 2.19. The minimum absolute atomic E-state index is 0.342. The molecule has 3 rings (SSSR count). The first kappa shape index (κ1) is 13.4. The molecule has 3 aromatic rings. The largest absolute Gasteiger partial charge is 0.444 e. The van der Waals surface area contributed by atoms with E-state index in [2.05, 4.69) is 15.3 Å². The Labute approximate surface area is 119 Å². The smallest absolute Gasteiger partial charge is 0.226 e. The van der Waals surface area contributed by atoms with E-state index in [-0.39, 0.29) is 5.82 Å². The fourth-order valence-corrected chi connectivity index (χ4v) is 1.88. The van der Waals surface area contributed by atoms with E-state index in [0.717, 1.165) is 0 Å². The average molecular weight is 288 g/mol. The second-order valence-corrected chi connectivity index (χ2v) is 4.67. The number of aliphatic hydroxyl groups is 1. The van der Waals surface area contributed by atoms with Gasteiger partial charge in [0.15, 0.2) is 0 Å². The van der Waals surface area contributed by atoms with E-state index in [9.17, 15) is 9.50 Å². The lowest BCUT2D eigenvalue weighted by Crippen LogP contribution is -2.00. The molecule has 0 bridgehead atoms. The van der Waals surface area contributed by atoms with Gasteiger partial charge in [0, 0.05) is 5.56 Å². The van der Waals surface area contributed by atoms with Crippen molar-refractivity contribution in [2.75, 3.05) is 0 Å². The minimum Gasteiger partial charge on any atom is -0.444 e. The van der Waals surface area contributed by atoms with E-state index in [1.165, 1.54) is 18.4 Å². The zero-order valence-electron chi connectivity index (χ0n) is 11.3. The van der Waals surface area contributed by atoms with Crippen molar-refractivity contribution < 1.29 is 13.9 Å². The molecule has 0 aliphatic heterocycles. The third-order valence-corrected chi connectivity index (χ3v) is 2.93. The SMILES string of the molecule is CC(O)c1cn(Cc2coc(-c3cccc(F)c3)n2)nn1. The van der Waals surface area contributed by atoms with Crippen molar-refractivity contribution in [3.8, 4) is 11.5 Å². The Balaban J connectivity index is 1.78. The topological polar surface area (TPSA) is 77.0 Å². The molecule has 0 aliphatic rings. The van der Waals surface area contributed by atoms with Crippen molar-refractivity contribution in [1.29, 1.82) is 0 Å². The van der Waals surface area contributed by atoms with Crippen LogP contribution in [0.15, 0.2) is 41.1 Å². The summed E-state index contributed by atoms with van der Waals surface area (Å²) in [5.41, 5.74) is 1.70. The van der Waals surface area contributed by atoms with E-state index < -0.39 is 6.10 Å². The first-order valence-electron chi connectivity index (χ1n) is 6.40. The van der Waals surface area contributed by atoms with Gasteiger partial charge in [-0.05, 0) is 25.1 Å². The Hall–Kier alpha value is -2.54. The molecule has 1 aromatic carbocycles. The standard InChI is InChI=1S/C14H13FN4O2/c1-9(20)13-7-19(18-17-13)6-12-8-21-14(16-12)10-3-2-4-11(15)5-10/h2-5,7-9,20H,6H2,1H3. The summed E-state index contributed by atoms with van der Waals surface area (Å²) in [5, 5.41) is 17.1. The molecule has 0 saturated carbocycles. The first-order valence-corrected chi connectivity index (χ1v) is 6.40. The second kappa shape index (κ2) is 5.45. The monoisotopic (exact) mass is 288 g/mol. The van der Waals surface area contributed by atoms with Gasteiger partial charge in [-0.2, -0.15) is 0 Å². The van der Waals surface area contributed by atoms with Crippen LogP contribution in [0.1, 0.15) is 24.4 Å². The molecule has 0 spiro atoms. The van der Waals surface area contributed by atoms with Crippen LogP contribution in [-0.4, -0.2) is 25.1 Å². The van der Waals surface area contributed by atoms with E-state index in [1.54, 1.807) is 29.9 Å². The molecule has 2 aromatic heterocycles. The predicted molar refractivity (Wildman–Crippen MR) is 71.7 cm³/mol. The summed E-state index contributed by atoms with van der Waals surface area (Å²) in [6.07, 6.45) is 2.46. The number of aliphatic hydroxyl groups excluding tert-OH is 1. The van der Waals surface area contributed by atoms with E-state index >= 15 is 0 Å². The quantitative estimate of drug-likeness (QED) is 0.796. The average Bonchev–Trinajstić information content (AvgIpc) is 3.08. The molecule has 2 heterocycles. The summed E-state index contributed by atoms with van der Waals surface area (Å²) in [5.74, 6) is 0.00506. The van der Waals surface area contributed by atoms with Gasteiger partial charge in [-0.15, -0.1) is 5.10 Å². The number of halogens is 1. The van der Waals surface area contributed by atoms with Crippen LogP contribution in [0.2, 0.25) is 0 Å². The van der Waals surface area contributed by atoms with Crippen molar-refractivity contribution in [1.82, 2.24) is 20.0 Å². The zero-order chi connectivity index (χ0) is 14.8. The zero-order valence-corrected chi connectivity index (χ0v) is 11.3. The van der Waals surface area contributed by atoms with Crippen molar-refractivity contribution in [3.63, 3.8) is 0 Å². The molecule has 1 N–H and O–H groups in total. The number of aromatic nitrogens is 4. The van der Waals surface area contributed by atoms with Gasteiger partial charge < -0.3 is 9.52 Å². The van der Waals surface area contributed by atoms with Gasteiger partial charge in [0.05, 0.1) is 18.8 Å². The van der Waals surface area contributed by atoms with Crippen LogP contribution < -0.4 is 0 Å². The maximum atomic E-state index is 13.2. The molecule has 108 valence electrons. The molecule has 0 saturated heterocycles. The molecule has 0 amide bonds. The van der Waals surface area contributed by atoms with Gasteiger partial charge in [-0.1, -0.05) is 11.3 Å². The lowest BCUT2D eigenvalue weighted by molar-refractivity contribution is 0.194. The second-order valence-electron chi connectivity index (χ2n) is 4.67. The summed E-state index contributed by atoms with van der Waals surface area (Å²) in [6.45, 7) is 1.98. The van der Waals surface area contributed by atoms with Gasteiger partial charge in [0.1, 0.15) is 23.5 Å². The van der Waals surface area contributed by atoms with Crippen LogP contribution in [0.25, 0.3) is 11.5 Å². The van der Waals surface area contributed by atoms with Gasteiger partial charge in [0.25, 0.3) is 0 Å². The number of rotatable bonds is 4. The molecule has 21 heavy (non-hydrogen) atoms. The molecule has 6 nitrogen and oxygen atoms in total. The third kappa shape index (κ3) is 2.97. The summed E-state index contributed by atoms with van der Waals surface area (Å²) < 4.78 is 20.1.